The second-order valence-electron chi connectivity index (χ2n) is 7.17. The second-order valence-corrected chi connectivity index (χ2v) is 7.17. The number of aryl methyl sites for hydroxylation is 1. The standard InChI is InChI=1S/C19H25N7O2/c1-24-9-5-15(6-10-24)18-22-16(28-23-18)3-4-17(27)25-11-13-26(14-12-25)19-20-7-2-8-21-19/h2,5,7-8H,3-4,6,9-14H2,1H3. The monoisotopic (exact) mass is 383 g/mol. The third-order valence-corrected chi connectivity index (χ3v) is 5.19. The van der Waals surface area contributed by atoms with Gasteiger partial charge in [-0.3, -0.25) is 4.79 Å². The number of hydrogen-bond acceptors (Lipinski definition) is 8. The fourth-order valence-corrected chi connectivity index (χ4v) is 3.44. The van der Waals surface area contributed by atoms with Crippen LogP contribution in [-0.4, -0.2) is 82.1 Å². The fraction of sp³-hybridized carbons (Fsp3) is 0.526. The van der Waals surface area contributed by atoms with Gasteiger partial charge < -0.3 is 19.2 Å². The highest BCUT2D eigenvalue weighted by Gasteiger charge is 2.23. The molecule has 9 heteroatoms. The average molecular weight is 383 g/mol. The lowest BCUT2D eigenvalue weighted by Crippen LogP contribution is -2.49. The SMILES string of the molecule is CN1CC=C(c2noc(CCC(=O)N3CCN(c4ncccn4)CC3)n2)CC1. The van der Waals surface area contributed by atoms with E-state index < -0.39 is 0 Å². The summed E-state index contributed by atoms with van der Waals surface area (Å²) >= 11 is 0. The van der Waals surface area contributed by atoms with Gasteiger partial charge in [0.2, 0.25) is 17.7 Å². The van der Waals surface area contributed by atoms with Crippen molar-refractivity contribution in [3.63, 3.8) is 0 Å². The first-order valence-corrected chi connectivity index (χ1v) is 9.69. The van der Waals surface area contributed by atoms with Crippen LogP contribution in [0.3, 0.4) is 0 Å². The van der Waals surface area contributed by atoms with Gasteiger partial charge in [0.05, 0.1) is 0 Å². The van der Waals surface area contributed by atoms with Crippen LogP contribution in [0.2, 0.25) is 0 Å². The van der Waals surface area contributed by atoms with E-state index in [2.05, 4.69) is 43.0 Å². The van der Waals surface area contributed by atoms with Crippen LogP contribution in [0.5, 0.6) is 0 Å². The minimum absolute atomic E-state index is 0.117. The average Bonchev–Trinajstić information content (AvgIpc) is 3.22. The molecule has 0 saturated carbocycles. The van der Waals surface area contributed by atoms with Crippen LogP contribution >= 0.6 is 0 Å². The molecule has 0 aromatic carbocycles. The van der Waals surface area contributed by atoms with Gasteiger partial charge in [0.1, 0.15) is 0 Å². The molecular weight excluding hydrogens is 358 g/mol. The molecule has 1 fully saturated rings. The first-order chi connectivity index (χ1) is 13.7. The van der Waals surface area contributed by atoms with Gasteiger partial charge in [-0.15, -0.1) is 0 Å². The zero-order valence-electron chi connectivity index (χ0n) is 16.1. The molecule has 28 heavy (non-hydrogen) atoms. The highest BCUT2D eigenvalue weighted by Crippen LogP contribution is 2.19. The Kier molecular flexibility index (Phi) is 5.61. The zero-order valence-corrected chi connectivity index (χ0v) is 16.1. The van der Waals surface area contributed by atoms with Crippen molar-refractivity contribution >= 4 is 17.4 Å². The molecule has 2 aliphatic heterocycles. The first kappa shape index (κ1) is 18.5. The minimum atomic E-state index is 0.117. The molecule has 2 aromatic heterocycles. The lowest BCUT2D eigenvalue weighted by molar-refractivity contribution is -0.131. The van der Waals surface area contributed by atoms with Crippen molar-refractivity contribution in [1.82, 2.24) is 29.9 Å². The maximum Gasteiger partial charge on any atom is 0.227 e. The van der Waals surface area contributed by atoms with Crippen LogP contribution in [-0.2, 0) is 11.2 Å². The number of hydrogen-bond donors (Lipinski definition) is 0. The van der Waals surface area contributed by atoms with E-state index >= 15 is 0 Å². The first-order valence-electron chi connectivity index (χ1n) is 9.69. The number of carbonyl (C=O) groups is 1. The molecule has 4 heterocycles. The van der Waals surface area contributed by atoms with Gasteiger partial charge in [-0.25, -0.2) is 9.97 Å². The molecule has 2 aromatic rings. The van der Waals surface area contributed by atoms with Crippen LogP contribution in [0.15, 0.2) is 29.1 Å². The Morgan fingerprint density at radius 2 is 1.93 bits per heavy atom. The smallest absolute Gasteiger partial charge is 0.227 e. The predicted molar refractivity (Wildman–Crippen MR) is 104 cm³/mol. The summed E-state index contributed by atoms with van der Waals surface area (Å²) in [7, 11) is 2.09. The number of likely N-dealkylation sites (N-methyl/N-ethyl adjacent to an activating group) is 1. The van der Waals surface area contributed by atoms with E-state index in [4.69, 9.17) is 4.52 Å². The summed E-state index contributed by atoms with van der Waals surface area (Å²) in [6.45, 7) is 4.72. The Balaban J connectivity index is 1.25. The predicted octanol–water partition coefficient (Wildman–Crippen LogP) is 0.860. The number of anilines is 1. The normalized spacial score (nSPS) is 18.2. The molecule has 0 unspecified atom stereocenters. The van der Waals surface area contributed by atoms with E-state index in [1.165, 1.54) is 0 Å². The minimum Gasteiger partial charge on any atom is -0.339 e. The van der Waals surface area contributed by atoms with Crippen molar-refractivity contribution in [2.24, 2.45) is 0 Å². The topological polar surface area (TPSA) is 91.5 Å². The van der Waals surface area contributed by atoms with Gasteiger partial charge >= 0.3 is 0 Å². The quantitative estimate of drug-likeness (QED) is 0.751. The summed E-state index contributed by atoms with van der Waals surface area (Å²) < 4.78 is 5.35. The van der Waals surface area contributed by atoms with E-state index in [1.54, 1.807) is 18.5 Å². The lowest BCUT2D eigenvalue weighted by atomic mass is 10.1. The molecule has 4 rings (SSSR count). The molecule has 0 N–H and O–H groups in total. The number of aromatic nitrogens is 4. The molecular formula is C19H25N7O2. The molecule has 2 aliphatic rings. The summed E-state index contributed by atoms with van der Waals surface area (Å²) in [5.41, 5.74) is 1.12. The van der Waals surface area contributed by atoms with Crippen LogP contribution in [0.1, 0.15) is 24.6 Å². The number of carbonyl (C=O) groups excluding carboxylic acids is 1. The van der Waals surface area contributed by atoms with Crippen molar-refractivity contribution in [2.75, 3.05) is 51.2 Å². The van der Waals surface area contributed by atoms with Gasteiger partial charge in [-0.1, -0.05) is 11.2 Å². The highest BCUT2D eigenvalue weighted by molar-refractivity contribution is 5.76. The number of nitrogens with zero attached hydrogens (tertiary/aromatic N) is 7. The van der Waals surface area contributed by atoms with Gasteiger partial charge in [0.15, 0.2) is 5.82 Å². The molecule has 0 atom stereocenters. The summed E-state index contributed by atoms with van der Waals surface area (Å²) in [6, 6.07) is 1.80. The van der Waals surface area contributed by atoms with E-state index in [1.807, 2.05) is 4.90 Å². The zero-order chi connectivity index (χ0) is 19.3. The summed E-state index contributed by atoms with van der Waals surface area (Å²) in [4.78, 5) is 31.8. The number of amides is 1. The van der Waals surface area contributed by atoms with E-state index in [0.29, 0.717) is 37.6 Å². The van der Waals surface area contributed by atoms with Gasteiger partial charge in [-0.2, -0.15) is 4.98 Å². The molecule has 0 bridgehead atoms. The summed E-state index contributed by atoms with van der Waals surface area (Å²) in [5, 5.41) is 4.08. The third kappa shape index (κ3) is 4.36. The van der Waals surface area contributed by atoms with Crippen molar-refractivity contribution < 1.29 is 9.32 Å². The Morgan fingerprint density at radius 1 is 1.14 bits per heavy atom. The molecule has 0 radical (unpaired) electrons. The highest BCUT2D eigenvalue weighted by atomic mass is 16.5. The maximum atomic E-state index is 12.5. The van der Waals surface area contributed by atoms with Crippen molar-refractivity contribution in [1.29, 1.82) is 0 Å². The lowest BCUT2D eigenvalue weighted by Gasteiger charge is -2.34. The second kappa shape index (κ2) is 8.47. The van der Waals surface area contributed by atoms with E-state index in [9.17, 15) is 4.79 Å². The van der Waals surface area contributed by atoms with Gasteiger partial charge in [0, 0.05) is 64.5 Å². The van der Waals surface area contributed by atoms with Gasteiger partial charge in [-0.05, 0) is 25.1 Å². The van der Waals surface area contributed by atoms with E-state index in [0.717, 1.165) is 44.1 Å². The van der Waals surface area contributed by atoms with Gasteiger partial charge in [0.25, 0.3) is 0 Å². The Hall–Kier alpha value is -2.81. The Bertz CT molecular complexity index is 828. The van der Waals surface area contributed by atoms with Crippen LogP contribution < -0.4 is 4.90 Å². The third-order valence-electron chi connectivity index (χ3n) is 5.19. The summed E-state index contributed by atoms with van der Waals surface area (Å²) in [5.74, 6) is 2.02. The number of piperazine rings is 1. The number of rotatable bonds is 5. The van der Waals surface area contributed by atoms with E-state index in [-0.39, 0.29) is 5.91 Å². The van der Waals surface area contributed by atoms with Crippen LogP contribution in [0.25, 0.3) is 5.57 Å². The molecule has 9 nitrogen and oxygen atoms in total. The Morgan fingerprint density at radius 3 is 2.64 bits per heavy atom. The van der Waals surface area contributed by atoms with Crippen molar-refractivity contribution in [3.05, 3.63) is 36.3 Å². The van der Waals surface area contributed by atoms with Crippen LogP contribution in [0.4, 0.5) is 5.95 Å². The molecule has 148 valence electrons. The molecule has 1 saturated heterocycles. The largest absolute Gasteiger partial charge is 0.339 e. The molecule has 1 amide bonds. The van der Waals surface area contributed by atoms with Crippen molar-refractivity contribution in [3.8, 4) is 0 Å². The maximum absolute atomic E-state index is 12.5. The van der Waals surface area contributed by atoms with Crippen molar-refractivity contribution in [2.45, 2.75) is 19.3 Å². The van der Waals surface area contributed by atoms with Crippen LogP contribution in [0, 0.1) is 0 Å². The Labute approximate surface area is 164 Å². The fourth-order valence-electron chi connectivity index (χ4n) is 3.44. The summed E-state index contributed by atoms with van der Waals surface area (Å²) in [6.07, 6.45) is 7.38. The molecule has 0 spiro atoms. The molecule has 0 aliphatic carbocycles.